The van der Waals surface area contributed by atoms with E-state index in [0.29, 0.717) is 0 Å². The number of hydrogen-bond donors (Lipinski definition) is 0. The molecular formula is C8H4BrN3O2. The summed E-state index contributed by atoms with van der Waals surface area (Å²) in [6.45, 7) is 0. The molecule has 1 rings (SSSR count). The molecule has 0 N–H and O–H groups in total. The fourth-order valence-corrected chi connectivity index (χ4v) is 1.43. The summed E-state index contributed by atoms with van der Waals surface area (Å²) in [6, 6.07) is 3.56. The van der Waals surface area contributed by atoms with Crippen LogP contribution >= 0.6 is 15.9 Å². The minimum absolute atomic E-state index is 0.0346. The molecular weight excluding hydrogens is 250 g/mol. The largest absolute Gasteiger partial charge is 0.297 e. The minimum atomic E-state index is -1.45. The van der Waals surface area contributed by atoms with Crippen molar-refractivity contribution in [1.29, 1.82) is 10.5 Å². The van der Waals surface area contributed by atoms with E-state index in [1.54, 1.807) is 6.07 Å². The van der Waals surface area contributed by atoms with Gasteiger partial charge in [-0.15, -0.1) is 0 Å². The van der Waals surface area contributed by atoms with Gasteiger partial charge in [-0.3, -0.25) is 10.1 Å². The SMILES string of the molecule is N#CC1=CCC(Br)([N+](=O)[O-])C=C1C#N. The fourth-order valence-electron chi connectivity index (χ4n) is 1.04. The maximum absolute atomic E-state index is 10.6. The molecule has 1 aliphatic carbocycles. The molecule has 0 aliphatic heterocycles. The highest BCUT2D eigenvalue weighted by Gasteiger charge is 2.39. The van der Waals surface area contributed by atoms with Crippen LogP contribution in [-0.2, 0) is 0 Å². The number of nitro groups is 1. The number of nitrogens with zero attached hydrogens (tertiary/aromatic N) is 3. The van der Waals surface area contributed by atoms with E-state index >= 15 is 0 Å². The molecule has 0 aromatic rings. The molecule has 14 heavy (non-hydrogen) atoms. The zero-order valence-electron chi connectivity index (χ0n) is 6.90. The highest BCUT2D eigenvalue weighted by molar-refractivity contribution is 9.10. The lowest BCUT2D eigenvalue weighted by molar-refractivity contribution is -0.521. The molecule has 0 fully saturated rings. The summed E-state index contributed by atoms with van der Waals surface area (Å²) in [5.74, 6) is 0. The monoisotopic (exact) mass is 253 g/mol. The number of halogens is 1. The molecule has 1 atom stereocenters. The Hall–Kier alpha value is -1.66. The second-order valence-electron chi connectivity index (χ2n) is 2.68. The molecule has 0 saturated heterocycles. The van der Waals surface area contributed by atoms with E-state index < -0.39 is 9.37 Å². The van der Waals surface area contributed by atoms with Gasteiger partial charge in [-0.2, -0.15) is 10.5 Å². The van der Waals surface area contributed by atoms with Crippen molar-refractivity contribution >= 4 is 15.9 Å². The average Bonchev–Trinajstić information content (AvgIpc) is 2.17. The Labute approximate surface area is 88.2 Å². The van der Waals surface area contributed by atoms with Gasteiger partial charge >= 0.3 is 0 Å². The lowest BCUT2D eigenvalue weighted by Gasteiger charge is -2.17. The molecule has 0 spiro atoms. The highest BCUT2D eigenvalue weighted by atomic mass is 79.9. The first-order chi connectivity index (χ1) is 6.53. The summed E-state index contributed by atoms with van der Waals surface area (Å²) in [4.78, 5) is 10.1. The van der Waals surface area contributed by atoms with Gasteiger partial charge in [0.25, 0.3) is 4.45 Å². The predicted octanol–water partition coefficient (Wildman–Crippen LogP) is 1.66. The Bertz CT molecular complexity index is 427. The lowest BCUT2D eigenvalue weighted by atomic mass is 9.97. The van der Waals surface area contributed by atoms with E-state index in [9.17, 15) is 10.1 Å². The second-order valence-corrected chi connectivity index (χ2v) is 4.05. The van der Waals surface area contributed by atoms with E-state index in [0.717, 1.165) is 6.08 Å². The number of allylic oxidation sites excluding steroid dienone is 2. The molecule has 0 amide bonds. The molecule has 0 bridgehead atoms. The quantitative estimate of drug-likeness (QED) is 0.308. The Balaban J connectivity index is 3.16. The number of nitriles is 2. The zero-order valence-corrected chi connectivity index (χ0v) is 8.48. The van der Waals surface area contributed by atoms with Crippen LogP contribution in [0.4, 0.5) is 0 Å². The zero-order chi connectivity index (χ0) is 10.8. The van der Waals surface area contributed by atoms with Gasteiger partial charge in [-0.25, -0.2) is 0 Å². The highest BCUT2D eigenvalue weighted by Crippen LogP contribution is 2.33. The fraction of sp³-hybridized carbons (Fsp3) is 0.250. The van der Waals surface area contributed by atoms with Crippen molar-refractivity contribution in [3.63, 3.8) is 0 Å². The van der Waals surface area contributed by atoms with Crippen LogP contribution in [0, 0.1) is 32.8 Å². The lowest BCUT2D eigenvalue weighted by Crippen LogP contribution is -2.30. The number of rotatable bonds is 1. The van der Waals surface area contributed by atoms with Crippen molar-refractivity contribution in [3.8, 4) is 12.1 Å². The van der Waals surface area contributed by atoms with Crippen molar-refractivity contribution in [1.82, 2.24) is 0 Å². The van der Waals surface area contributed by atoms with E-state index in [2.05, 4.69) is 15.9 Å². The van der Waals surface area contributed by atoms with Crippen molar-refractivity contribution < 1.29 is 4.92 Å². The third-order valence-corrected chi connectivity index (χ3v) is 2.63. The van der Waals surface area contributed by atoms with Crippen molar-refractivity contribution in [3.05, 3.63) is 33.4 Å². The van der Waals surface area contributed by atoms with Gasteiger partial charge < -0.3 is 0 Å². The Morgan fingerprint density at radius 2 is 2.07 bits per heavy atom. The number of alkyl halides is 1. The van der Waals surface area contributed by atoms with E-state index in [4.69, 9.17) is 10.5 Å². The van der Waals surface area contributed by atoms with Crippen molar-refractivity contribution in [2.24, 2.45) is 0 Å². The van der Waals surface area contributed by atoms with Crippen LogP contribution < -0.4 is 0 Å². The average molecular weight is 254 g/mol. The summed E-state index contributed by atoms with van der Waals surface area (Å²) >= 11 is 2.92. The summed E-state index contributed by atoms with van der Waals surface area (Å²) in [5.41, 5.74) is 0.219. The Morgan fingerprint density at radius 3 is 2.50 bits per heavy atom. The second kappa shape index (κ2) is 3.60. The topological polar surface area (TPSA) is 90.7 Å². The van der Waals surface area contributed by atoms with Crippen LogP contribution in [0.5, 0.6) is 0 Å². The van der Waals surface area contributed by atoms with Crippen LogP contribution in [0.2, 0.25) is 0 Å². The van der Waals surface area contributed by atoms with Gasteiger partial charge in [-0.05, 0) is 0 Å². The normalized spacial score (nSPS) is 25.4. The summed E-state index contributed by atoms with van der Waals surface area (Å²) in [7, 11) is 0. The first-order valence-electron chi connectivity index (χ1n) is 3.60. The molecule has 0 radical (unpaired) electrons. The summed E-state index contributed by atoms with van der Waals surface area (Å²) in [5, 5.41) is 27.9. The first kappa shape index (κ1) is 10.4. The Morgan fingerprint density at radius 1 is 1.50 bits per heavy atom. The van der Waals surface area contributed by atoms with Crippen molar-refractivity contribution in [2.45, 2.75) is 10.9 Å². The summed E-state index contributed by atoms with van der Waals surface area (Å²) in [6.07, 6.45) is 2.61. The maximum atomic E-state index is 10.6. The van der Waals surface area contributed by atoms with Crippen LogP contribution in [0.3, 0.4) is 0 Å². The van der Waals surface area contributed by atoms with Crippen LogP contribution in [0.15, 0.2) is 23.3 Å². The van der Waals surface area contributed by atoms with Gasteiger partial charge in [0.2, 0.25) is 0 Å². The van der Waals surface area contributed by atoms with Gasteiger partial charge in [0.05, 0.1) is 17.6 Å². The van der Waals surface area contributed by atoms with Crippen molar-refractivity contribution in [2.75, 3.05) is 0 Å². The van der Waals surface area contributed by atoms with E-state index in [1.807, 2.05) is 6.07 Å². The summed E-state index contributed by atoms with van der Waals surface area (Å²) < 4.78 is -1.45. The van der Waals surface area contributed by atoms with Gasteiger partial charge in [0.1, 0.15) is 12.1 Å². The first-order valence-corrected chi connectivity index (χ1v) is 4.40. The molecule has 6 heteroatoms. The molecule has 0 aromatic heterocycles. The standard InChI is InChI=1S/C8H4BrN3O2/c9-8(12(13)14)2-1-6(4-10)7(3-8)5-11/h1,3H,2H2. The smallest absolute Gasteiger partial charge is 0.263 e. The van der Waals surface area contributed by atoms with Crippen LogP contribution in [0.1, 0.15) is 6.42 Å². The van der Waals surface area contributed by atoms with Gasteiger partial charge in [0.15, 0.2) is 0 Å². The molecule has 70 valence electrons. The predicted molar refractivity (Wildman–Crippen MR) is 50.7 cm³/mol. The number of hydrogen-bond acceptors (Lipinski definition) is 4. The molecule has 0 heterocycles. The van der Waals surface area contributed by atoms with E-state index in [-0.39, 0.29) is 17.6 Å². The Kier molecular flexibility index (Phi) is 2.68. The molecule has 5 nitrogen and oxygen atoms in total. The maximum Gasteiger partial charge on any atom is 0.297 e. The third-order valence-electron chi connectivity index (χ3n) is 1.79. The van der Waals surface area contributed by atoms with Crippen LogP contribution in [-0.4, -0.2) is 9.37 Å². The molecule has 1 aliphatic rings. The minimum Gasteiger partial charge on any atom is -0.263 e. The molecule has 0 saturated carbocycles. The van der Waals surface area contributed by atoms with Gasteiger partial charge in [-0.1, -0.05) is 6.08 Å². The van der Waals surface area contributed by atoms with E-state index in [1.165, 1.54) is 6.08 Å². The third kappa shape index (κ3) is 1.66. The van der Waals surface area contributed by atoms with Crippen LogP contribution in [0.25, 0.3) is 0 Å². The molecule has 1 unspecified atom stereocenters. The van der Waals surface area contributed by atoms with Gasteiger partial charge in [0, 0.05) is 26.9 Å². The molecule has 0 aromatic carbocycles.